The van der Waals surface area contributed by atoms with Crippen LogP contribution in [0, 0.1) is 11.7 Å². The topological polar surface area (TPSA) is 61.5 Å². The third kappa shape index (κ3) is 6.81. The van der Waals surface area contributed by atoms with E-state index < -0.39 is 6.04 Å². The van der Waals surface area contributed by atoms with E-state index in [0.29, 0.717) is 19.4 Å². The molecule has 0 amide bonds. The number of nitrogens with two attached hydrogens (primary N) is 1. The molecular weight excluding hydrogens is 393 g/mol. The molecule has 2 aromatic rings. The molecule has 4 atom stereocenters. The summed E-state index contributed by atoms with van der Waals surface area (Å²) in [5, 5.41) is 0. The first-order valence-corrected chi connectivity index (χ1v) is 9.89. The van der Waals surface area contributed by atoms with E-state index >= 15 is 0 Å². The largest absolute Gasteiger partial charge is 0.461 e. The van der Waals surface area contributed by atoms with Gasteiger partial charge in [-0.2, -0.15) is 0 Å². The van der Waals surface area contributed by atoms with Crippen molar-refractivity contribution < 1.29 is 18.7 Å². The predicted octanol–water partition coefficient (Wildman–Crippen LogP) is 4.09. The van der Waals surface area contributed by atoms with Gasteiger partial charge in [0.1, 0.15) is 18.0 Å². The lowest BCUT2D eigenvalue weighted by Crippen LogP contribution is -2.38. The lowest BCUT2D eigenvalue weighted by Gasteiger charge is -2.31. The van der Waals surface area contributed by atoms with E-state index in [2.05, 4.69) is 12.1 Å². The van der Waals surface area contributed by atoms with E-state index in [0.717, 1.165) is 18.4 Å². The summed E-state index contributed by atoms with van der Waals surface area (Å²) in [6.07, 6.45) is 2.34. The van der Waals surface area contributed by atoms with Crippen molar-refractivity contribution >= 4 is 18.4 Å². The molecule has 1 saturated heterocycles. The van der Waals surface area contributed by atoms with Crippen molar-refractivity contribution in [2.24, 2.45) is 11.7 Å². The number of hydrogen-bond acceptors (Lipinski definition) is 4. The zero-order chi connectivity index (χ0) is 19.9. The molecule has 0 radical (unpaired) electrons. The Hall–Kier alpha value is -1.95. The van der Waals surface area contributed by atoms with E-state index in [-0.39, 0.29) is 42.3 Å². The minimum atomic E-state index is -0.665. The highest BCUT2D eigenvalue weighted by Crippen LogP contribution is 2.26. The first kappa shape index (κ1) is 23.3. The Morgan fingerprint density at radius 3 is 2.45 bits per heavy atom. The first-order chi connectivity index (χ1) is 13.5. The molecule has 0 aliphatic carbocycles. The van der Waals surface area contributed by atoms with Gasteiger partial charge in [-0.15, -0.1) is 12.4 Å². The van der Waals surface area contributed by atoms with E-state index in [1.165, 1.54) is 17.7 Å². The summed E-state index contributed by atoms with van der Waals surface area (Å²) in [5.74, 6) is -0.687. The molecule has 1 heterocycles. The lowest BCUT2D eigenvalue weighted by atomic mass is 9.86. The first-order valence-electron chi connectivity index (χ1n) is 9.89. The molecule has 0 saturated carbocycles. The Labute approximate surface area is 178 Å². The molecule has 2 N–H and O–H groups in total. The quantitative estimate of drug-likeness (QED) is 0.739. The zero-order valence-corrected chi connectivity index (χ0v) is 17.4. The highest BCUT2D eigenvalue weighted by Gasteiger charge is 2.33. The number of ether oxygens (including phenoxy) is 2. The van der Waals surface area contributed by atoms with E-state index in [4.69, 9.17) is 15.2 Å². The fourth-order valence-corrected chi connectivity index (χ4v) is 3.69. The van der Waals surface area contributed by atoms with Crippen molar-refractivity contribution in [1.82, 2.24) is 0 Å². The number of carbonyl (C=O) groups excluding carboxylic acids is 1. The molecule has 3 rings (SSSR count). The summed E-state index contributed by atoms with van der Waals surface area (Å²) >= 11 is 0. The van der Waals surface area contributed by atoms with E-state index in [9.17, 15) is 9.18 Å². The number of rotatable bonds is 5. The molecule has 0 bridgehead atoms. The second-order valence-electron chi connectivity index (χ2n) is 7.47. The molecule has 2 aromatic carbocycles. The van der Waals surface area contributed by atoms with Crippen LogP contribution in [0.1, 0.15) is 30.9 Å². The van der Waals surface area contributed by atoms with Gasteiger partial charge in [0, 0.05) is 12.5 Å². The molecule has 1 fully saturated rings. The summed E-state index contributed by atoms with van der Waals surface area (Å²) in [4.78, 5) is 12.2. The second kappa shape index (κ2) is 11.3. The van der Waals surface area contributed by atoms with Gasteiger partial charge in [0.15, 0.2) is 0 Å². The lowest BCUT2D eigenvalue weighted by molar-refractivity contribution is -0.153. The van der Waals surface area contributed by atoms with Crippen molar-refractivity contribution in [2.75, 3.05) is 6.61 Å². The van der Waals surface area contributed by atoms with Crippen molar-refractivity contribution in [3.05, 3.63) is 71.5 Å². The minimum Gasteiger partial charge on any atom is -0.461 e. The highest BCUT2D eigenvalue weighted by molar-refractivity contribution is 5.85. The summed E-state index contributed by atoms with van der Waals surface area (Å²) in [6, 6.07) is 16.0. The Balaban J connectivity index is 0.00000300. The molecule has 0 unspecified atom stereocenters. The van der Waals surface area contributed by atoms with Crippen molar-refractivity contribution in [3.8, 4) is 0 Å². The SMILES string of the molecule is C[C@@H]1OC(=O)[C@@H](N)CCO[C@H](CCc2ccccc2)[C@H]1Cc1ccc(F)cc1.Cl. The number of aryl methyl sites for hydroxylation is 1. The maximum atomic E-state index is 13.3. The number of halogens is 2. The molecule has 1 aliphatic heterocycles. The molecule has 1 aliphatic rings. The number of hydrogen-bond donors (Lipinski definition) is 1. The van der Waals surface area contributed by atoms with Crippen molar-refractivity contribution in [1.29, 1.82) is 0 Å². The number of esters is 1. The van der Waals surface area contributed by atoms with Crippen LogP contribution in [0.15, 0.2) is 54.6 Å². The molecule has 29 heavy (non-hydrogen) atoms. The number of carbonyl (C=O) groups is 1. The molecule has 0 aromatic heterocycles. The van der Waals surface area contributed by atoms with Crippen LogP contribution < -0.4 is 5.73 Å². The van der Waals surface area contributed by atoms with Crippen molar-refractivity contribution in [3.63, 3.8) is 0 Å². The number of benzene rings is 2. The summed E-state index contributed by atoms with van der Waals surface area (Å²) in [5.41, 5.74) is 8.14. The summed E-state index contributed by atoms with van der Waals surface area (Å²) < 4.78 is 25.1. The molecule has 158 valence electrons. The van der Waals surface area contributed by atoms with Crippen LogP contribution in [-0.4, -0.2) is 30.8 Å². The Bertz CT molecular complexity index is 756. The predicted molar refractivity (Wildman–Crippen MR) is 113 cm³/mol. The van der Waals surface area contributed by atoms with Gasteiger partial charge in [-0.1, -0.05) is 42.5 Å². The van der Waals surface area contributed by atoms with Gasteiger partial charge >= 0.3 is 5.97 Å². The Morgan fingerprint density at radius 1 is 1.07 bits per heavy atom. The molecule has 0 spiro atoms. The van der Waals surface area contributed by atoms with Gasteiger partial charge in [0.05, 0.1) is 6.10 Å². The maximum Gasteiger partial charge on any atom is 0.323 e. The van der Waals surface area contributed by atoms with Gasteiger partial charge in [-0.05, 0) is 55.9 Å². The normalized spacial score (nSPS) is 25.1. The van der Waals surface area contributed by atoms with Gasteiger partial charge in [-0.25, -0.2) is 4.39 Å². The summed E-state index contributed by atoms with van der Waals surface area (Å²) in [6.45, 7) is 2.31. The van der Waals surface area contributed by atoms with Crippen LogP contribution in [0.3, 0.4) is 0 Å². The van der Waals surface area contributed by atoms with Gasteiger partial charge in [-0.3, -0.25) is 4.79 Å². The van der Waals surface area contributed by atoms with Crippen LogP contribution in [-0.2, 0) is 27.1 Å². The monoisotopic (exact) mass is 421 g/mol. The molecule has 6 heteroatoms. The summed E-state index contributed by atoms with van der Waals surface area (Å²) in [7, 11) is 0. The number of cyclic esters (lactones) is 1. The van der Waals surface area contributed by atoms with E-state index in [1.54, 1.807) is 12.1 Å². The molecule has 4 nitrogen and oxygen atoms in total. The van der Waals surface area contributed by atoms with Crippen LogP contribution in [0.5, 0.6) is 0 Å². The Morgan fingerprint density at radius 2 is 1.76 bits per heavy atom. The van der Waals surface area contributed by atoms with Gasteiger partial charge < -0.3 is 15.2 Å². The fraction of sp³-hybridized carbons (Fsp3) is 0.435. The van der Waals surface area contributed by atoms with Crippen LogP contribution in [0.4, 0.5) is 4.39 Å². The highest BCUT2D eigenvalue weighted by atomic mass is 35.5. The van der Waals surface area contributed by atoms with Crippen LogP contribution >= 0.6 is 12.4 Å². The van der Waals surface area contributed by atoms with Crippen LogP contribution in [0.25, 0.3) is 0 Å². The smallest absolute Gasteiger partial charge is 0.323 e. The Kier molecular flexibility index (Phi) is 9.08. The third-order valence-electron chi connectivity index (χ3n) is 5.39. The van der Waals surface area contributed by atoms with Crippen molar-refractivity contribution in [2.45, 2.75) is 50.9 Å². The van der Waals surface area contributed by atoms with Crippen LogP contribution in [0.2, 0.25) is 0 Å². The average molecular weight is 422 g/mol. The maximum absolute atomic E-state index is 13.3. The van der Waals surface area contributed by atoms with E-state index in [1.807, 2.05) is 25.1 Å². The average Bonchev–Trinajstić information content (AvgIpc) is 2.74. The third-order valence-corrected chi connectivity index (χ3v) is 5.39. The zero-order valence-electron chi connectivity index (χ0n) is 16.6. The molecular formula is C23H29ClFNO3. The van der Waals surface area contributed by atoms with Gasteiger partial charge in [0.25, 0.3) is 0 Å². The minimum absolute atomic E-state index is 0. The van der Waals surface area contributed by atoms with Gasteiger partial charge in [0.2, 0.25) is 0 Å². The standard InChI is InChI=1S/C23H28FNO3.ClH/c1-16-20(15-18-7-10-19(24)11-8-18)22(12-9-17-5-3-2-4-6-17)27-14-13-21(25)23(26)28-16;/h2-8,10-11,16,20-22H,9,12-15,25H2,1H3;1H/t16-,20-,21-,22+;/m0./s1. The fourth-order valence-electron chi connectivity index (χ4n) is 3.69. The second-order valence-corrected chi connectivity index (χ2v) is 7.47.